The molecule has 7 N–H and O–H groups in total. The van der Waals surface area contributed by atoms with Crippen LogP contribution in [0.2, 0.25) is 0 Å². The Balaban J connectivity index is -0.000000332. The normalized spacial score (nSPS) is 9.07. The number of carbonyl (C=O) groups is 3. The fourth-order valence-electron chi connectivity index (χ4n) is 0.698. The number of anilines is 1. The molecule has 0 saturated carbocycles. The molecule has 0 amide bonds. The van der Waals surface area contributed by atoms with Gasteiger partial charge in [0.15, 0.2) is 5.11 Å². The number of hydrazine groups is 1. The van der Waals surface area contributed by atoms with Crippen molar-refractivity contribution in [1.29, 1.82) is 0 Å². The minimum Gasteiger partial charge on any atom is -0.461 e. The summed E-state index contributed by atoms with van der Waals surface area (Å²) in [6.45, 7) is 3.83. The molecule has 1 heterocycles. The Morgan fingerprint density at radius 3 is 1.79 bits per heavy atom. The van der Waals surface area contributed by atoms with E-state index in [2.05, 4.69) is 71.5 Å². The van der Waals surface area contributed by atoms with Crippen LogP contribution in [0.25, 0.3) is 0 Å². The number of nitrogens with zero attached hydrogens (tertiary/aromatic N) is 2. The van der Waals surface area contributed by atoms with Crippen molar-refractivity contribution in [3.63, 3.8) is 0 Å². The van der Waals surface area contributed by atoms with Gasteiger partial charge in [-0.05, 0) is 71.4 Å². The number of rotatable bonds is 4. The van der Waals surface area contributed by atoms with E-state index in [0.717, 1.165) is 11.3 Å². The highest BCUT2D eigenvalue weighted by Crippen LogP contribution is 2.61. The molecular formula is C10H17Cl4N6O6PS2. The van der Waals surface area contributed by atoms with Gasteiger partial charge in [0.1, 0.15) is 0 Å². The molecule has 0 atom stereocenters. The molecule has 1 aromatic heterocycles. The van der Waals surface area contributed by atoms with Gasteiger partial charge in [-0.25, -0.2) is 15.4 Å². The van der Waals surface area contributed by atoms with E-state index in [9.17, 15) is 18.9 Å². The van der Waals surface area contributed by atoms with Gasteiger partial charge in [0.25, 0.3) is 0 Å². The molecule has 0 aromatic carbocycles. The van der Waals surface area contributed by atoms with Crippen LogP contribution in [0.4, 0.5) is 5.13 Å². The first kappa shape index (κ1) is 32.7. The first-order valence-electron chi connectivity index (χ1n) is 6.77. The zero-order chi connectivity index (χ0) is 23.6. The molecule has 0 fully saturated rings. The molecule has 12 nitrogen and oxygen atoms in total. The van der Waals surface area contributed by atoms with Crippen molar-refractivity contribution in [3.05, 3.63) is 5.01 Å². The monoisotopic (exact) mass is 552 g/mol. The number of hydrogen-bond acceptors (Lipinski definition) is 12. The molecule has 1 aromatic rings. The number of nitrogen functional groups attached to an aromatic ring is 1. The maximum Gasteiger partial charge on any atom is 0.391 e. The largest absolute Gasteiger partial charge is 0.461 e. The van der Waals surface area contributed by atoms with E-state index in [1.165, 1.54) is 0 Å². The Hall–Kier alpha value is -0.990. The minimum absolute atomic E-state index is 0.116. The summed E-state index contributed by atoms with van der Waals surface area (Å²) in [5, 5.41) is 3.26. The maximum atomic E-state index is 10.9. The van der Waals surface area contributed by atoms with Crippen LogP contribution in [0.1, 0.15) is 23.6 Å². The summed E-state index contributed by atoms with van der Waals surface area (Å²) in [7, 11) is 0. The van der Waals surface area contributed by atoms with Crippen LogP contribution in [0.3, 0.4) is 0 Å². The van der Waals surface area contributed by atoms with E-state index < -0.39 is 22.4 Å². The van der Waals surface area contributed by atoms with Gasteiger partial charge in [0, 0.05) is 0 Å². The highest BCUT2D eigenvalue weighted by Gasteiger charge is 2.11. The van der Waals surface area contributed by atoms with Gasteiger partial charge in [-0.15, -0.1) is 10.2 Å². The highest BCUT2D eigenvalue weighted by molar-refractivity contribution is 8.24. The van der Waals surface area contributed by atoms with Gasteiger partial charge in [0.05, 0.1) is 13.2 Å². The van der Waals surface area contributed by atoms with Gasteiger partial charge in [-0.2, -0.15) is 0 Å². The molecule has 0 bridgehead atoms. The fourth-order valence-corrected chi connectivity index (χ4v) is 1.26. The number of aromatic nitrogens is 2. The lowest BCUT2D eigenvalue weighted by atomic mass is 10.7. The van der Waals surface area contributed by atoms with Crippen LogP contribution < -0.4 is 22.7 Å². The molecule has 19 heteroatoms. The van der Waals surface area contributed by atoms with Crippen molar-refractivity contribution < 1.29 is 28.4 Å². The predicted octanol–water partition coefficient (Wildman–Crippen LogP) is 2.12. The molecule has 0 aliphatic heterocycles. The molecule has 168 valence electrons. The molecule has 0 saturated heterocycles. The van der Waals surface area contributed by atoms with E-state index in [0.29, 0.717) is 6.61 Å². The molecule has 0 unspecified atom stereocenters. The number of ether oxygens (including phenoxy) is 2. The highest BCUT2D eigenvalue weighted by atomic mass is 36.0. The maximum absolute atomic E-state index is 10.9. The standard InChI is InChI=1S/C5H7N3O2S.C4H5ClO3.CH5N3S.Cl3OP/c1-2-10-4(9)3-7-8-5(6)11-3;1-2-8-4(7)3(5)6;2-1(5)4-3;1-5(2,3)4/h2H2,1H3,(H2,6,8);2H2,1H3;3H2,(H3,2,4,5);. The Morgan fingerprint density at radius 2 is 1.59 bits per heavy atom. The molecule has 0 spiro atoms. The number of esters is 2. The first-order valence-corrected chi connectivity index (χ1v) is 12.8. The van der Waals surface area contributed by atoms with Gasteiger partial charge in [-0.3, -0.25) is 9.36 Å². The number of thiocarbonyl (C=S) groups is 1. The Kier molecular flexibility index (Phi) is 21.4. The van der Waals surface area contributed by atoms with Crippen molar-refractivity contribution in [2.75, 3.05) is 18.9 Å². The quantitative estimate of drug-likeness (QED) is 0.0802. The van der Waals surface area contributed by atoms with Crippen molar-refractivity contribution in [1.82, 2.24) is 15.6 Å². The Bertz CT molecular complexity index is 698. The van der Waals surface area contributed by atoms with Gasteiger partial charge >= 0.3 is 22.4 Å². The average molecular weight is 554 g/mol. The average Bonchev–Trinajstić information content (AvgIpc) is 3.01. The molecule has 0 aliphatic rings. The summed E-state index contributed by atoms with van der Waals surface area (Å²) in [6.07, 6.45) is 0. The second kappa shape index (κ2) is 19.0. The van der Waals surface area contributed by atoms with Crippen LogP contribution in [-0.4, -0.2) is 45.7 Å². The lowest BCUT2D eigenvalue weighted by molar-refractivity contribution is -0.149. The Labute approximate surface area is 194 Å². The van der Waals surface area contributed by atoms with Gasteiger partial charge < -0.3 is 26.4 Å². The van der Waals surface area contributed by atoms with E-state index >= 15 is 0 Å². The lowest BCUT2D eigenvalue weighted by Gasteiger charge is -1.93. The lowest BCUT2D eigenvalue weighted by Crippen LogP contribution is -2.34. The van der Waals surface area contributed by atoms with Crippen LogP contribution in [-0.2, 0) is 23.6 Å². The third-order valence-corrected chi connectivity index (χ3v) is 2.47. The second-order valence-electron chi connectivity index (χ2n) is 3.57. The number of nitrogens with one attached hydrogen (secondary N) is 1. The Morgan fingerprint density at radius 1 is 1.17 bits per heavy atom. The number of nitrogens with two attached hydrogens (primary N) is 3. The van der Waals surface area contributed by atoms with Crippen molar-refractivity contribution in [2.24, 2.45) is 11.6 Å². The fraction of sp³-hybridized carbons (Fsp3) is 0.400. The summed E-state index contributed by atoms with van der Waals surface area (Å²) >= 11 is 23.8. The molecular weight excluding hydrogens is 537 g/mol. The smallest absolute Gasteiger partial charge is 0.391 e. The van der Waals surface area contributed by atoms with Gasteiger partial charge in [0.2, 0.25) is 10.1 Å². The van der Waals surface area contributed by atoms with E-state index in [-0.39, 0.29) is 21.9 Å². The SMILES string of the molecule is CCOC(=O)C(=O)Cl.CCOC(=O)c1nnc(N)s1.NNC(N)=S.O=P(Cl)(Cl)Cl. The molecule has 29 heavy (non-hydrogen) atoms. The third-order valence-electron chi connectivity index (χ3n) is 1.47. The third kappa shape index (κ3) is 29.3. The topological polar surface area (TPSA) is 203 Å². The molecule has 1 rings (SSSR count). The van der Waals surface area contributed by atoms with Crippen molar-refractivity contribution >= 4 is 102 Å². The summed E-state index contributed by atoms with van der Waals surface area (Å²) in [6, 6.07) is 0. The summed E-state index contributed by atoms with van der Waals surface area (Å²) in [4.78, 5) is 30.8. The zero-order valence-corrected chi connectivity index (χ0v) is 20.3. The number of carbonyl (C=O) groups excluding carboxylic acids is 3. The molecule has 0 aliphatic carbocycles. The van der Waals surface area contributed by atoms with Crippen LogP contribution in [0.15, 0.2) is 0 Å². The predicted molar refractivity (Wildman–Crippen MR) is 117 cm³/mol. The molecule has 0 radical (unpaired) electrons. The van der Waals surface area contributed by atoms with Gasteiger partial charge in [-0.1, -0.05) is 11.3 Å². The summed E-state index contributed by atoms with van der Waals surface area (Å²) < 4.78 is 18.3. The van der Waals surface area contributed by atoms with Crippen molar-refractivity contribution in [3.8, 4) is 0 Å². The van der Waals surface area contributed by atoms with Crippen molar-refractivity contribution in [2.45, 2.75) is 13.8 Å². The van der Waals surface area contributed by atoms with E-state index in [1.54, 1.807) is 13.8 Å². The number of hydrogen-bond donors (Lipinski definition) is 4. The minimum atomic E-state index is -3.22. The number of halogens is 4. The van der Waals surface area contributed by atoms with Crippen LogP contribution in [0.5, 0.6) is 0 Å². The summed E-state index contributed by atoms with van der Waals surface area (Å²) in [5.74, 6) is 3.19. The van der Waals surface area contributed by atoms with E-state index in [1.807, 2.05) is 5.43 Å². The zero-order valence-electron chi connectivity index (χ0n) is 14.8. The first-order chi connectivity index (χ1) is 13.2. The van der Waals surface area contributed by atoms with Crippen LogP contribution in [0, 0.1) is 0 Å². The summed E-state index contributed by atoms with van der Waals surface area (Å²) in [5.41, 5.74) is 12.1. The van der Waals surface area contributed by atoms with E-state index in [4.69, 9.17) is 23.1 Å². The second-order valence-corrected chi connectivity index (χ2v) is 12.0. The van der Waals surface area contributed by atoms with Crippen LogP contribution >= 0.6 is 74.1 Å².